The topological polar surface area (TPSA) is 148 Å². The number of aromatic nitrogens is 3. The van der Waals surface area contributed by atoms with Crippen molar-refractivity contribution >= 4 is 35.6 Å². The molecule has 1 aromatic carbocycles. The van der Waals surface area contributed by atoms with Crippen LogP contribution in [-0.2, 0) is 44.7 Å². The Hall–Kier alpha value is -3.71. The summed E-state index contributed by atoms with van der Waals surface area (Å²) >= 11 is 1.12. The molecule has 2 heterocycles. The zero-order valence-corrected chi connectivity index (χ0v) is 22.3. The van der Waals surface area contributed by atoms with E-state index in [4.69, 9.17) is 18.9 Å². The molecule has 1 aliphatic heterocycles. The number of thioether (sulfide) groups is 1. The summed E-state index contributed by atoms with van der Waals surface area (Å²) in [6.07, 6.45) is -1.65. The smallest absolute Gasteiger partial charge is 0.303 e. The summed E-state index contributed by atoms with van der Waals surface area (Å²) < 4.78 is 24.2. The van der Waals surface area contributed by atoms with Gasteiger partial charge in [0.05, 0.1) is 0 Å². The van der Waals surface area contributed by atoms with Crippen LogP contribution in [0, 0.1) is 0 Å². The van der Waals surface area contributed by atoms with Gasteiger partial charge in [0.2, 0.25) is 5.91 Å². The van der Waals surface area contributed by atoms with Crippen LogP contribution in [0.1, 0.15) is 27.7 Å². The van der Waals surface area contributed by atoms with Gasteiger partial charge in [-0.05, 0) is 0 Å². The second-order valence-electron chi connectivity index (χ2n) is 8.41. The lowest BCUT2D eigenvalue weighted by Crippen LogP contribution is -2.65. The Labute approximate surface area is 224 Å². The van der Waals surface area contributed by atoms with Gasteiger partial charge in [-0.15, -0.1) is 16.8 Å². The summed E-state index contributed by atoms with van der Waals surface area (Å²) in [6.45, 7) is 8.81. The third kappa shape index (κ3) is 7.42. The van der Waals surface area contributed by atoms with Crippen LogP contribution in [-0.4, -0.2) is 75.0 Å². The summed E-state index contributed by atoms with van der Waals surface area (Å²) in [6, 6.07) is 8.47. The molecule has 0 aliphatic carbocycles. The minimum absolute atomic E-state index is 0.288. The number of ether oxygens (including phenoxy) is 4. The van der Waals surface area contributed by atoms with E-state index in [9.17, 15) is 19.2 Å². The molecule has 5 atom stereocenters. The first-order chi connectivity index (χ1) is 18.1. The Morgan fingerprint density at radius 3 is 2.26 bits per heavy atom. The van der Waals surface area contributed by atoms with Gasteiger partial charge in [0.15, 0.2) is 23.2 Å². The van der Waals surface area contributed by atoms with Gasteiger partial charge >= 0.3 is 17.9 Å². The van der Waals surface area contributed by atoms with E-state index in [1.54, 1.807) is 6.08 Å². The SMILES string of the molecule is C=CCn1c(S[C@H]2O[C@@H](COC(C)=O)[C@@H](OC(C)=O)[C@H](OC(C)=O)[C@@H]2NC(C)=O)nnc1-c1ccccc1. The highest BCUT2D eigenvalue weighted by Gasteiger charge is 2.51. The van der Waals surface area contributed by atoms with Crippen molar-refractivity contribution in [1.29, 1.82) is 0 Å². The number of allylic oxidation sites excluding steroid dienone is 1. The van der Waals surface area contributed by atoms with Crippen molar-refractivity contribution in [3.8, 4) is 11.4 Å². The molecule has 0 saturated carbocycles. The normalized spacial score (nSPS) is 22.7. The second-order valence-corrected chi connectivity index (χ2v) is 9.47. The number of rotatable bonds is 10. The van der Waals surface area contributed by atoms with Gasteiger partial charge in [-0.2, -0.15) is 0 Å². The molecule has 0 spiro atoms. The molecule has 0 unspecified atom stereocenters. The number of hydrogen-bond donors (Lipinski definition) is 1. The minimum Gasteiger partial charge on any atom is -0.463 e. The molecular weight excluding hydrogens is 516 g/mol. The highest BCUT2D eigenvalue weighted by Crippen LogP contribution is 2.36. The minimum atomic E-state index is -1.17. The lowest BCUT2D eigenvalue weighted by Gasteiger charge is -2.44. The van der Waals surface area contributed by atoms with E-state index < -0.39 is 53.6 Å². The van der Waals surface area contributed by atoms with Crippen LogP contribution >= 0.6 is 11.8 Å². The first-order valence-corrected chi connectivity index (χ1v) is 12.6. The summed E-state index contributed by atoms with van der Waals surface area (Å²) in [7, 11) is 0. The van der Waals surface area contributed by atoms with Crippen molar-refractivity contribution in [1.82, 2.24) is 20.1 Å². The first kappa shape index (κ1) is 28.9. The fourth-order valence-corrected chi connectivity index (χ4v) is 5.12. The van der Waals surface area contributed by atoms with Crippen molar-refractivity contribution in [2.45, 2.75) is 69.2 Å². The number of nitrogens with zero attached hydrogens (tertiary/aromatic N) is 3. The van der Waals surface area contributed by atoms with Crippen LogP contribution in [0.15, 0.2) is 48.1 Å². The molecule has 1 aromatic heterocycles. The number of nitrogens with one attached hydrogen (secondary N) is 1. The summed E-state index contributed by atoms with van der Waals surface area (Å²) in [5.41, 5.74) is -0.0795. The molecule has 1 fully saturated rings. The van der Waals surface area contributed by atoms with Gasteiger partial charge in [-0.25, -0.2) is 0 Å². The van der Waals surface area contributed by atoms with Gasteiger partial charge in [0, 0.05) is 39.8 Å². The molecule has 1 saturated heterocycles. The number of carbonyl (C=O) groups excluding carboxylic acids is 4. The molecule has 3 rings (SSSR count). The third-order valence-electron chi connectivity index (χ3n) is 5.35. The summed E-state index contributed by atoms with van der Waals surface area (Å²) in [4.78, 5) is 47.7. The van der Waals surface area contributed by atoms with E-state index in [-0.39, 0.29) is 6.61 Å². The van der Waals surface area contributed by atoms with Crippen molar-refractivity contribution in [3.63, 3.8) is 0 Å². The van der Waals surface area contributed by atoms with E-state index in [1.165, 1.54) is 27.7 Å². The van der Waals surface area contributed by atoms with Gasteiger partial charge in [0.1, 0.15) is 24.2 Å². The third-order valence-corrected chi connectivity index (χ3v) is 6.50. The Kier molecular flexibility index (Phi) is 10.0. The zero-order valence-electron chi connectivity index (χ0n) is 21.5. The van der Waals surface area contributed by atoms with Crippen LogP contribution in [0.3, 0.4) is 0 Å². The maximum atomic E-state index is 12.2. The summed E-state index contributed by atoms with van der Waals surface area (Å²) in [5.74, 6) is -1.76. The Morgan fingerprint density at radius 2 is 1.68 bits per heavy atom. The van der Waals surface area contributed by atoms with Gasteiger partial charge < -0.3 is 24.3 Å². The second kappa shape index (κ2) is 13.2. The highest BCUT2D eigenvalue weighted by atomic mass is 32.2. The lowest BCUT2D eigenvalue weighted by molar-refractivity contribution is -0.211. The van der Waals surface area contributed by atoms with Gasteiger partial charge in [0.25, 0.3) is 0 Å². The van der Waals surface area contributed by atoms with E-state index in [0.29, 0.717) is 17.5 Å². The molecule has 2 aromatic rings. The van der Waals surface area contributed by atoms with E-state index >= 15 is 0 Å². The van der Waals surface area contributed by atoms with Crippen LogP contribution in [0.4, 0.5) is 0 Å². The van der Waals surface area contributed by atoms with Crippen LogP contribution in [0.2, 0.25) is 0 Å². The molecule has 1 amide bonds. The molecule has 1 N–H and O–H groups in total. The predicted octanol–water partition coefficient (Wildman–Crippen LogP) is 1.88. The predicted molar refractivity (Wildman–Crippen MR) is 136 cm³/mol. The first-order valence-electron chi connectivity index (χ1n) is 11.8. The fraction of sp³-hybridized carbons (Fsp3) is 0.440. The Balaban J connectivity index is 2.04. The van der Waals surface area contributed by atoms with Crippen molar-refractivity contribution in [3.05, 3.63) is 43.0 Å². The molecule has 0 radical (unpaired) electrons. The maximum absolute atomic E-state index is 12.2. The fourth-order valence-electron chi connectivity index (χ4n) is 3.97. The van der Waals surface area contributed by atoms with Gasteiger partial charge in [-0.1, -0.05) is 48.2 Å². The molecule has 204 valence electrons. The number of esters is 3. The molecule has 13 heteroatoms. The molecule has 38 heavy (non-hydrogen) atoms. The quantitative estimate of drug-likeness (QED) is 0.264. The standard InChI is InChI=1S/C25H30N4O8S/c1-6-12-29-23(18-10-8-7-9-11-18)27-28-25(29)38-24-20(26-14(2)30)22(36-17(5)33)21(35-16(4)32)19(37-24)13-34-15(3)31/h6-11,19-22,24H,1,12-13H2,2-5H3,(H,26,30)/t19-,20-,21+,22+,24+/m0/s1. The average Bonchev–Trinajstić information content (AvgIpc) is 3.23. The molecule has 1 aliphatic rings. The van der Waals surface area contributed by atoms with Crippen molar-refractivity contribution < 1.29 is 38.1 Å². The van der Waals surface area contributed by atoms with Crippen LogP contribution in [0.25, 0.3) is 11.4 Å². The molecular formula is C25H30N4O8S. The lowest BCUT2D eigenvalue weighted by atomic mass is 9.97. The average molecular weight is 547 g/mol. The number of carbonyl (C=O) groups is 4. The number of benzene rings is 1. The van der Waals surface area contributed by atoms with Crippen molar-refractivity contribution in [2.24, 2.45) is 0 Å². The van der Waals surface area contributed by atoms with Gasteiger partial charge in [-0.3, -0.25) is 23.7 Å². The van der Waals surface area contributed by atoms with Crippen LogP contribution < -0.4 is 5.32 Å². The molecule has 0 bridgehead atoms. The zero-order chi connectivity index (χ0) is 27.8. The number of amides is 1. The largest absolute Gasteiger partial charge is 0.463 e. The maximum Gasteiger partial charge on any atom is 0.303 e. The van der Waals surface area contributed by atoms with Crippen molar-refractivity contribution in [2.75, 3.05) is 6.61 Å². The number of hydrogen-bond acceptors (Lipinski definition) is 11. The monoisotopic (exact) mass is 546 g/mol. The summed E-state index contributed by atoms with van der Waals surface area (Å²) in [5, 5.41) is 11.8. The Morgan fingerprint density at radius 1 is 1.03 bits per heavy atom. The van der Waals surface area contributed by atoms with E-state index in [2.05, 4.69) is 22.1 Å². The molecule has 12 nitrogen and oxygen atoms in total. The Bertz CT molecular complexity index is 1170. The highest BCUT2D eigenvalue weighted by molar-refractivity contribution is 7.99. The van der Waals surface area contributed by atoms with E-state index in [0.717, 1.165) is 17.3 Å². The van der Waals surface area contributed by atoms with Crippen LogP contribution in [0.5, 0.6) is 0 Å². The van der Waals surface area contributed by atoms with E-state index in [1.807, 2.05) is 34.9 Å².